The standard InChI is InChI=1S/C17H16N2O3/c1-17(2,3)13-9-18-8-11-6-10(4-5-12(11)13)15-7-14(16(20)21)19-22-15/h4-9H,1-3H3,(H,20,21). The molecule has 0 spiro atoms. The van der Waals surface area contributed by atoms with E-state index in [9.17, 15) is 4.79 Å². The van der Waals surface area contributed by atoms with Crippen molar-refractivity contribution in [3.05, 3.63) is 47.9 Å². The minimum Gasteiger partial charge on any atom is -0.476 e. The van der Waals surface area contributed by atoms with Crippen LogP contribution in [0.25, 0.3) is 22.1 Å². The van der Waals surface area contributed by atoms with Gasteiger partial charge < -0.3 is 9.63 Å². The second-order valence-electron chi connectivity index (χ2n) is 6.25. The van der Waals surface area contributed by atoms with Gasteiger partial charge in [-0.1, -0.05) is 38.1 Å². The van der Waals surface area contributed by atoms with Gasteiger partial charge >= 0.3 is 5.97 Å². The first-order valence-electron chi connectivity index (χ1n) is 6.95. The van der Waals surface area contributed by atoms with Crippen LogP contribution >= 0.6 is 0 Å². The zero-order chi connectivity index (χ0) is 15.9. The quantitative estimate of drug-likeness (QED) is 0.776. The lowest BCUT2D eigenvalue weighted by atomic mass is 9.85. The molecule has 0 unspecified atom stereocenters. The molecule has 22 heavy (non-hydrogen) atoms. The summed E-state index contributed by atoms with van der Waals surface area (Å²) < 4.78 is 5.11. The van der Waals surface area contributed by atoms with Crippen LogP contribution in [0.3, 0.4) is 0 Å². The van der Waals surface area contributed by atoms with E-state index in [2.05, 4.69) is 30.9 Å². The van der Waals surface area contributed by atoms with E-state index in [1.165, 1.54) is 11.6 Å². The molecule has 5 heteroatoms. The number of rotatable bonds is 2. The van der Waals surface area contributed by atoms with Crippen LogP contribution in [0.4, 0.5) is 0 Å². The number of nitrogens with zero attached hydrogens (tertiary/aromatic N) is 2. The van der Waals surface area contributed by atoms with E-state index in [1.807, 2.05) is 24.4 Å². The molecular weight excluding hydrogens is 280 g/mol. The molecule has 0 saturated heterocycles. The van der Waals surface area contributed by atoms with Crippen LogP contribution in [0, 0.1) is 0 Å². The summed E-state index contributed by atoms with van der Waals surface area (Å²) in [6.45, 7) is 6.44. The van der Waals surface area contributed by atoms with Crippen molar-refractivity contribution in [2.75, 3.05) is 0 Å². The van der Waals surface area contributed by atoms with Crippen LogP contribution < -0.4 is 0 Å². The Morgan fingerprint density at radius 2 is 1.95 bits per heavy atom. The predicted octanol–water partition coefficient (Wildman–Crippen LogP) is 3.89. The van der Waals surface area contributed by atoms with E-state index in [0.29, 0.717) is 5.76 Å². The number of fused-ring (bicyclic) bond motifs is 1. The van der Waals surface area contributed by atoms with E-state index < -0.39 is 5.97 Å². The predicted molar refractivity (Wildman–Crippen MR) is 82.9 cm³/mol. The smallest absolute Gasteiger partial charge is 0.358 e. The van der Waals surface area contributed by atoms with E-state index >= 15 is 0 Å². The van der Waals surface area contributed by atoms with E-state index in [4.69, 9.17) is 9.63 Å². The zero-order valence-electron chi connectivity index (χ0n) is 12.6. The number of aromatic nitrogens is 2. The van der Waals surface area contributed by atoms with Crippen LogP contribution in [0.5, 0.6) is 0 Å². The van der Waals surface area contributed by atoms with E-state index in [-0.39, 0.29) is 11.1 Å². The van der Waals surface area contributed by atoms with Crippen molar-refractivity contribution in [2.45, 2.75) is 26.2 Å². The maximum absolute atomic E-state index is 10.9. The molecule has 0 saturated carbocycles. The Labute approximate surface area is 127 Å². The van der Waals surface area contributed by atoms with E-state index in [1.54, 1.807) is 6.20 Å². The highest BCUT2D eigenvalue weighted by molar-refractivity contribution is 5.90. The van der Waals surface area contributed by atoms with Gasteiger partial charge in [-0.05, 0) is 22.4 Å². The van der Waals surface area contributed by atoms with Gasteiger partial charge in [0.1, 0.15) is 0 Å². The maximum Gasteiger partial charge on any atom is 0.358 e. The third-order valence-corrected chi connectivity index (χ3v) is 3.58. The summed E-state index contributed by atoms with van der Waals surface area (Å²) in [5.74, 6) is -0.673. The molecule has 0 fully saturated rings. The fourth-order valence-corrected chi connectivity index (χ4v) is 2.44. The topological polar surface area (TPSA) is 76.2 Å². The van der Waals surface area contributed by atoms with Crippen molar-refractivity contribution in [2.24, 2.45) is 0 Å². The lowest BCUT2D eigenvalue weighted by Gasteiger charge is -2.20. The molecule has 0 aliphatic carbocycles. The Kier molecular flexibility index (Phi) is 3.20. The second kappa shape index (κ2) is 4.94. The van der Waals surface area contributed by atoms with Crippen molar-refractivity contribution in [3.63, 3.8) is 0 Å². The maximum atomic E-state index is 10.9. The Hall–Kier alpha value is -2.69. The summed E-state index contributed by atoms with van der Waals surface area (Å²) in [5, 5.41) is 14.6. The van der Waals surface area contributed by atoms with Gasteiger partial charge in [-0.25, -0.2) is 4.79 Å². The number of aromatic carboxylic acids is 1. The highest BCUT2D eigenvalue weighted by Crippen LogP contribution is 2.31. The van der Waals surface area contributed by atoms with Crippen LogP contribution in [0.1, 0.15) is 36.8 Å². The van der Waals surface area contributed by atoms with Crippen LogP contribution in [0.15, 0.2) is 41.2 Å². The van der Waals surface area contributed by atoms with Crippen LogP contribution in [-0.2, 0) is 5.41 Å². The lowest BCUT2D eigenvalue weighted by Crippen LogP contribution is -2.12. The van der Waals surface area contributed by atoms with Gasteiger partial charge in [0.05, 0.1) is 0 Å². The van der Waals surface area contributed by atoms with Crippen molar-refractivity contribution in [1.29, 1.82) is 0 Å². The Bertz CT molecular complexity index is 860. The molecule has 2 heterocycles. The van der Waals surface area contributed by atoms with Crippen molar-refractivity contribution in [1.82, 2.24) is 10.1 Å². The van der Waals surface area contributed by atoms with Gasteiger partial charge in [0.2, 0.25) is 0 Å². The average Bonchev–Trinajstić information content (AvgIpc) is 2.95. The Morgan fingerprint density at radius 1 is 1.18 bits per heavy atom. The molecule has 1 aromatic carbocycles. The fourth-order valence-electron chi connectivity index (χ4n) is 2.44. The molecule has 5 nitrogen and oxygen atoms in total. The fraction of sp³-hybridized carbons (Fsp3) is 0.235. The third kappa shape index (κ3) is 2.45. The molecule has 0 aliphatic rings. The number of benzene rings is 1. The molecule has 3 aromatic rings. The van der Waals surface area contributed by atoms with Gasteiger partial charge in [0.25, 0.3) is 0 Å². The minimum atomic E-state index is -1.10. The van der Waals surface area contributed by atoms with Crippen molar-refractivity contribution < 1.29 is 14.4 Å². The zero-order valence-corrected chi connectivity index (χ0v) is 12.6. The van der Waals surface area contributed by atoms with Gasteiger partial charge in [0, 0.05) is 29.4 Å². The molecule has 2 aromatic heterocycles. The van der Waals surface area contributed by atoms with Crippen molar-refractivity contribution >= 4 is 16.7 Å². The largest absolute Gasteiger partial charge is 0.476 e. The average molecular weight is 296 g/mol. The van der Waals surface area contributed by atoms with E-state index in [0.717, 1.165) is 16.3 Å². The Balaban J connectivity index is 2.12. The summed E-state index contributed by atoms with van der Waals surface area (Å²) in [4.78, 5) is 15.2. The molecule has 0 atom stereocenters. The first kappa shape index (κ1) is 14.3. The summed E-state index contributed by atoms with van der Waals surface area (Å²) in [5.41, 5.74) is 1.84. The minimum absolute atomic E-state index is 0.00323. The summed E-state index contributed by atoms with van der Waals surface area (Å²) >= 11 is 0. The highest BCUT2D eigenvalue weighted by atomic mass is 16.5. The number of carbonyl (C=O) groups is 1. The number of hydrogen-bond acceptors (Lipinski definition) is 4. The van der Waals surface area contributed by atoms with Gasteiger partial charge in [0.15, 0.2) is 11.5 Å². The first-order chi connectivity index (χ1) is 10.4. The molecule has 0 aliphatic heterocycles. The normalized spacial score (nSPS) is 11.8. The van der Waals surface area contributed by atoms with Crippen LogP contribution in [0.2, 0.25) is 0 Å². The summed E-state index contributed by atoms with van der Waals surface area (Å²) in [7, 11) is 0. The first-order valence-corrected chi connectivity index (χ1v) is 6.95. The SMILES string of the molecule is CC(C)(C)c1cncc2cc(-c3cc(C(=O)O)no3)ccc12. The van der Waals surface area contributed by atoms with Gasteiger partial charge in [-0.3, -0.25) is 4.98 Å². The summed E-state index contributed by atoms with van der Waals surface area (Å²) in [6.07, 6.45) is 3.68. The van der Waals surface area contributed by atoms with Crippen molar-refractivity contribution in [3.8, 4) is 11.3 Å². The number of hydrogen-bond donors (Lipinski definition) is 1. The lowest BCUT2D eigenvalue weighted by molar-refractivity contribution is 0.0686. The monoisotopic (exact) mass is 296 g/mol. The molecular formula is C17H16N2O3. The van der Waals surface area contributed by atoms with Gasteiger partial charge in [-0.2, -0.15) is 0 Å². The molecule has 0 bridgehead atoms. The highest BCUT2D eigenvalue weighted by Gasteiger charge is 2.18. The third-order valence-electron chi connectivity index (χ3n) is 3.58. The molecule has 1 N–H and O–H groups in total. The second-order valence-corrected chi connectivity index (χ2v) is 6.25. The Morgan fingerprint density at radius 3 is 2.59 bits per heavy atom. The molecule has 0 radical (unpaired) electrons. The summed E-state index contributed by atoms with van der Waals surface area (Å²) in [6, 6.07) is 7.27. The number of carboxylic acid groups (broad SMARTS) is 1. The molecule has 3 rings (SSSR count). The number of carboxylic acids is 1. The van der Waals surface area contributed by atoms with Gasteiger partial charge in [-0.15, -0.1) is 0 Å². The molecule has 112 valence electrons. The number of pyridine rings is 1. The van der Waals surface area contributed by atoms with Crippen LogP contribution in [-0.4, -0.2) is 21.2 Å². The molecule has 0 amide bonds.